The highest BCUT2D eigenvalue weighted by atomic mass is 35.5. The molecule has 5 heteroatoms. The zero-order valence-electron chi connectivity index (χ0n) is 8.77. The second-order valence-electron chi connectivity index (χ2n) is 2.90. The molecule has 0 heterocycles. The zero-order valence-corrected chi connectivity index (χ0v) is 9.58. The first-order chi connectivity index (χ1) is 6.71. The van der Waals surface area contributed by atoms with Crippen molar-refractivity contribution >= 4 is 12.4 Å². The van der Waals surface area contributed by atoms with E-state index < -0.39 is 6.10 Å². The molecule has 0 aromatic heterocycles. The van der Waals surface area contributed by atoms with E-state index in [4.69, 9.17) is 15.2 Å². The third kappa shape index (κ3) is 3.58. The maximum atomic E-state index is 9.53. The van der Waals surface area contributed by atoms with E-state index >= 15 is 0 Å². The number of ether oxygens (including phenoxy) is 2. The molecule has 1 aromatic rings. The average Bonchev–Trinajstić information content (AvgIpc) is 2.27. The van der Waals surface area contributed by atoms with Crippen molar-refractivity contribution in [3.05, 3.63) is 23.8 Å². The fraction of sp³-hybridized carbons (Fsp3) is 0.400. The molecule has 0 saturated carbocycles. The van der Waals surface area contributed by atoms with Gasteiger partial charge >= 0.3 is 0 Å². The minimum atomic E-state index is -0.681. The zero-order chi connectivity index (χ0) is 10.6. The van der Waals surface area contributed by atoms with Gasteiger partial charge < -0.3 is 20.3 Å². The van der Waals surface area contributed by atoms with Crippen molar-refractivity contribution in [3.8, 4) is 11.5 Å². The summed E-state index contributed by atoms with van der Waals surface area (Å²) in [6.45, 7) is 0.177. The van der Waals surface area contributed by atoms with Gasteiger partial charge in [-0.25, -0.2) is 0 Å². The van der Waals surface area contributed by atoms with E-state index in [9.17, 15) is 5.11 Å². The Morgan fingerprint density at radius 1 is 1.20 bits per heavy atom. The van der Waals surface area contributed by atoms with Crippen LogP contribution in [0.3, 0.4) is 0 Å². The molecule has 0 saturated heterocycles. The van der Waals surface area contributed by atoms with E-state index in [-0.39, 0.29) is 19.0 Å². The maximum Gasteiger partial charge on any atom is 0.122 e. The standard InChI is InChI=1S/C10H15NO3.ClH/c1-13-8-3-7(10(12)6-11)4-9(5-8)14-2;/h3-5,10,12H,6,11H2,1-2H3;1H. The lowest BCUT2D eigenvalue weighted by atomic mass is 10.1. The molecular formula is C10H16ClNO3. The maximum absolute atomic E-state index is 9.53. The highest BCUT2D eigenvalue weighted by Crippen LogP contribution is 2.25. The predicted molar refractivity (Wildman–Crippen MR) is 60.8 cm³/mol. The Morgan fingerprint density at radius 2 is 1.67 bits per heavy atom. The Hall–Kier alpha value is -0.970. The van der Waals surface area contributed by atoms with E-state index in [1.54, 1.807) is 32.4 Å². The summed E-state index contributed by atoms with van der Waals surface area (Å²) in [5.74, 6) is 1.29. The van der Waals surface area contributed by atoms with Crippen LogP contribution in [0, 0.1) is 0 Å². The van der Waals surface area contributed by atoms with E-state index in [0.717, 1.165) is 0 Å². The SMILES string of the molecule is COc1cc(OC)cc(C(O)CN)c1.Cl. The van der Waals surface area contributed by atoms with Crippen LogP contribution in [0.4, 0.5) is 0 Å². The van der Waals surface area contributed by atoms with Crippen molar-refractivity contribution in [3.63, 3.8) is 0 Å². The smallest absolute Gasteiger partial charge is 0.122 e. The van der Waals surface area contributed by atoms with Crippen LogP contribution in [0.25, 0.3) is 0 Å². The molecule has 0 aliphatic rings. The number of methoxy groups -OCH3 is 2. The molecule has 86 valence electrons. The summed E-state index contributed by atoms with van der Waals surface area (Å²) in [5.41, 5.74) is 6.05. The van der Waals surface area contributed by atoms with Crippen LogP contribution in [0.2, 0.25) is 0 Å². The van der Waals surface area contributed by atoms with Crippen LogP contribution in [0.5, 0.6) is 11.5 Å². The van der Waals surface area contributed by atoms with Crippen molar-refractivity contribution in [1.29, 1.82) is 0 Å². The summed E-state index contributed by atoms with van der Waals surface area (Å²) in [6.07, 6.45) is -0.681. The number of hydrogen-bond acceptors (Lipinski definition) is 4. The Balaban J connectivity index is 0.00000196. The normalized spacial score (nSPS) is 11.5. The molecule has 0 bridgehead atoms. The summed E-state index contributed by atoms with van der Waals surface area (Å²) >= 11 is 0. The molecule has 0 fully saturated rings. The van der Waals surface area contributed by atoms with Crippen molar-refractivity contribution in [2.45, 2.75) is 6.10 Å². The van der Waals surface area contributed by atoms with Crippen LogP contribution in [-0.4, -0.2) is 25.9 Å². The van der Waals surface area contributed by atoms with E-state index in [1.165, 1.54) is 0 Å². The van der Waals surface area contributed by atoms with Gasteiger partial charge in [0.2, 0.25) is 0 Å². The number of aliphatic hydroxyl groups is 1. The minimum absolute atomic E-state index is 0. The third-order valence-corrected chi connectivity index (χ3v) is 1.98. The van der Waals surface area contributed by atoms with E-state index in [1.807, 2.05) is 0 Å². The number of nitrogens with two attached hydrogens (primary N) is 1. The van der Waals surface area contributed by atoms with Crippen molar-refractivity contribution in [1.82, 2.24) is 0 Å². The fourth-order valence-electron chi connectivity index (χ4n) is 1.16. The fourth-order valence-corrected chi connectivity index (χ4v) is 1.16. The first-order valence-electron chi connectivity index (χ1n) is 4.32. The Labute approximate surface area is 95.4 Å². The monoisotopic (exact) mass is 233 g/mol. The summed E-state index contributed by atoms with van der Waals surface area (Å²) in [4.78, 5) is 0. The van der Waals surface area contributed by atoms with Crippen LogP contribution >= 0.6 is 12.4 Å². The molecule has 1 aromatic carbocycles. The Bertz CT molecular complexity index is 284. The summed E-state index contributed by atoms with van der Waals surface area (Å²) in [7, 11) is 3.13. The molecule has 1 rings (SSSR count). The van der Waals surface area contributed by atoms with Crippen molar-refractivity contribution < 1.29 is 14.6 Å². The van der Waals surface area contributed by atoms with Gasteiger partial charge in [0.05, 0.1) is 20.3 Å². The summed E-state index contributed by atoms with van der Waals surface area (Å²) in [6, 6.07) is 5.22. The Kier molecular flexibility index (Phi) is 6.08. The number of rotatable bonds is 4. The molecule has 1 unspecified atom stereocenters. The van der Waals surface area contributed by atoms with Gasteiger partial charge in [-0.3, -0.25) is 0 Å². The lowest BCUT2D eigenvalue weighted by molar-refractivity contribution is 0.186. The quantitative estimate of drug-likeness (QED) is 0.818. The lowest BCUT2D eigenvalue weighted by Crippen LogP contribution is -2.11. The number of aliphatic hydroxyl groups excluding tert-OH is 1. The number of hydrogen-bond donors (Lipinski definition) is 2. The average molecular weight is 234 g/mol. The van der Waals surface area contributed by atoms with Crippen LogP contribution in [-0.2, 0) is 0 Å². The minimum Gasteiger partial charge on any atom is -0.497 e. The van der Waals surface area contributed by atoms with Gasteiger partial charge in [-0.2, -0.15) is 0 Å². The van der Waals surface area contributed by atoms with Gasteiger partial charge in [0.25, 0.3) is 0 Å². The molecule has 0 spiro atoms. The summed E-state index contributed by atoms with van der Waals surface area (Å²) in [5, 5.41) is 9.53. The highest BCUT2D eigenvalue weighted by molar-refractivity contribution is 5.85. The number of halogens is 1. The van der Waals surface area contributed by atoms with Gasteiger partial charge in [-0.15, -0.1) is 12.4 Å². The van der Waals surface area contributed by atoms with Crippen molar-refractivity contribution in [2.24, 2.45) is 5.73 Å². The van der Waals surface area contributed by atoms with E-state index in [0.29, 0.717) is 17.1 Å². The molecule has 15 heavy (non-hydrogen) atoms. The van der Waals surface area contributed by atoms with Gasteiger partial charge in [0, 0.05) is 12.6 Å². The Morgan fingerprint density at radius 3 is 2.00 bits per heavy atom. The number of benzene rings is 1. The first kappa shape index (κ1) is 14.0. The second kappa shape index (κ2) is 6.50. The lowest BCUT2D eigenvalue weighted by Gasteiger charge is -2.11. The largest absolute Gasteiger partial charge is 0.497 e. The topological polar surface area (TPSA) is 64.7 Å². The summed E-state index contributed by atoms with van der Waals surface area (Å²) < 4.78 is 10.1. The highest BCUT2D eigenvalue weighted by Gasteiger charge is 2.08. The third-order valence-electron chi connectivity index (χ3n) is 1.98. The molecule has 0 amide bonds. The van der Waals surface area contributed by atoms with Gasteiger partial charge in [0.15, 0.2) is 0 Å². The molecule has 0 aliphatic heterocycles. The van der Waals surface area contributed by atoms with Gasteiger partial charge in [-0.1, -0.05) is 0 Å². The van der Waals surface area contributed by atoms with Gasteiger partial charge in [-0.05, 0) is 17.7 Å². The van der Waals surface area contributed by atoms with Crippen LogP contribution in [0.15, 0.2) is 18.2 Å². The molecule has 1 atom stereocenters. The van der Waals surface area contributed by atoms with Crippen molar-refractivity contribution in [2.75, 3.05) is 20.8 Å². The second-order valence-corrected chi connectivity index (χ2v) is 2.90. The van der Waals surface area contributed by atoms with Gasteiger partial charge in [0.1, 0.15) is 11.5 Å². The molecule has 0 aliphatic carbocycles. The molecule has 3 N–H and O–H groups in total. The molecular weight excluding hydrogens is 218 g/mol. The van der Waals surface area contributed by atoms with E-state index in [2.05, 4.69) is 0 Å². The van der Waals surface area contributed by atoms with Crippen LogP contribution in [0.1, 0.15) is 11.7 Å². The molecule has 0 radical (unpaired) electrons. The first-order valence-corrected chi connectivity index (χ1v) is 4.32. The van der Waals surface area contributed by atoms with Crippen LogP contribution < -0.4 is 15.2 Å². The predicted octanol–water partition coefficient (Wildman–Crippen LogP) is 1.12. The molecule has 4 nitrogen and oxygen atoms in total.